The predicted octanol–water partition coefficient (Wildman–Crippen LogP) is 4.39. The zero-order valence-electron chi connectivity index (χ0n) is 22.1. The van der Waals surface area contributed by atoms with Crippen molar-refractivity contribution in [3.05, 3.63) is 78.4 Å². The molecule has 0 saturated heterocycles. The van der Waals surface area contributed by atoms with Gasteiger partial charge in [0.2, 0.25) is 11.8 Å². The average molecular weight is 516 g/mol. The molecule has 2 amide bonds. The Morgan fingerprint density at radius 1 is 0.947 bits per heavy atom. The normalized spacial score (nSPS) is 11.8. The van der Waals surface area contributed by atoms with E-state index in [1.807, 2.05) is 42.5 Å². The van der Waals surface area contributed by atoms with Gasteiger partial charge < -0.3 is 14.8 Å². The van der Waals surface area contributed by atoms with E-state index in [9.17, 15) is 9.59 Å². The Bertz CT molecular complexity index is 1390. The zero-order chi connectivity index (χ0) is 27.1. The molecule has 0 saturated carbocycles. The number of hydrogen-bond donors (Lipinski definition) is 1. The quantitative estimate of drug-likeness (QED) is 0.318. The number of para-hydroxylation sites is 3. The summed E-state index contributed by atoms with van der Waals surface area (Å²) in [6.45, 7) is 4.55. The summed E-state index contributed by atoms with van der Waals surface area (Å²) < 4.78 is 12.8. The monoisotopic (exact) mass is 515 g/mol. The predicted molar refractivity (Wildman–Crippen MR) is 146 cm³/mol. The first-order valence-electron chi connectivity index (χ1n) is 12.6. The summed E-state index contributed by atoms with van der Waals surface area (Å²) in [6.07, 6.45) is 0.804. The highest BCUT2D eigenvalue weighted by atomic mass is 16.5. The Labute approximate surface area is 222 Å². The summed E-state index contributed by atoms with van der Waals surface area (Å²) >= 11 is 0. The number of benzene rings is 3. The van der Waals surface area contributed by atoms with Gasteiger partial charge in [-0.3, -0.25) is 14.5 Å². The van der Waals surface area contributed by atoms with Gasteiger partial charge in [0.05, 0.1) is 19.7 Å². The summed E-state index contributed by atoms with van der Waals surface area (Å²) in [5, 5.41) is 11.4. The zero-order valence-corrected chi connectivity index (χ0v) is 22.1. The van der Waals surface area contributed by atoms with Gasteiger partial charge in [-0.25, -0.2) is 4.68 Å². The van der Waals surface area contributed by atoms with Crippen molar-refractivity contribution >= 4 is 28.5 Å². The van der Waals surface area contributed by atoms with Crippen molar-refractivity contribution in [1.82, 2.24) is 20.3 Å². The van der Waals surface area contributed by atoms with E-state index in [1.54, 1.807) is 35.0 Å². The first-order valence-corrected chi connectivity index (χ1v) is 12.6. The molecule has 0 aliphatic carbocycles. The molecule has 0 aliphatic rings. The molecular weight excluding hydrogens is 482 g/mol. The minimum Gasteiger partial charge on any atom is -0.493 e. The summed E-state index contributed by atoms with van der Waals surface area (Å²) in [6, 6.07) is 20.8. The fraction of sp³-hybridized carbons (Fsp3) is 0.310. The molecule has 1 atom stereocenters. The van der Waals surface area contributed by atoms with E-state index >= 15 is 0 Å². The van der Waals surface area contributed by atoms with Crippen molar-refractivity contribution in [2.45, 2.75) is 32.9 Å². The number of carbonyl (C=O) groups is 2. The van der Waals surface area contributed by atoms with Gasteiger partial charge in [0.25, 0.3) is 0 Å². The molecule has 0 spiro atoms. The number of fused-ring (bicyclic) bond motifs is 1. The van der Waals surface area contributed by atoms with Crippen LogP contribution in [-0.2, 0) is 16.1 Å². The van der Waals surface area contributed by atoms with Crippen LogP contribution in [0.2, 0.25) is 0 Å². The lowest BCUT2D eigenvalue weighted by molar-refractivity contribution is -0.127. The van der Waals surface area contributed by atoms with Gasteiger partial charge in [-0.2, -0.15) is 0 Å². The Kier molecular flexibility index (Phi) is 8.58. The topological polar surface area (TPSA) is 98.6 Å². The van der Waals surface area contributed by atoms with Crippen molar-refractivity contribution in [3.63, 3.8) is 0 Å². The summed E-state index contributed by atoms with van der Waals surface area (Å²) in [5.74, 6) is 0.609. The lowest BCUT2D eigenvalue weighted by Gasteiger charge is -2.32. The Morgan fingerprint density at radius 3 is 2.39 bits per heavy atom. The number of rotatable bonds is 11. The highest BCUT2D eigenvalue weighted by molar-refractivity contribution is 6.02. The maximum Gasteiger partial charge on any atom is 0.249 e. The van der Waals surface area contributed by atoms with E-state index in [-0.39, 0.29) is 18.4 Å². The minimum atomic E-state index is -1.03. The maximum absolute atomic E-state index is 14.1. The highest BCUT2D eigenvalue weighted by Gasteiger charge is 2.36. The third-order valence-corrected chi connectivity index (χ3v) is 6.26. The second kappa shape index (κ2) is 12.2. The molecule has 0 aliphatic heterocycles. The summed E-state index contributed by atoms with van der Waals surface area (Å²) in [5.41, 5.74) is 2.49. The van der Waals surface area contributed by atoms with Gasteiger partial charge in [-0.15, -0.1) is 5.10 Å². The SMILES string of the molecule is COc1cccc(C(C(=O)NCCC(C)C)N(C(=O)Cn2nnc3ccccc32)c2ccccc2)c1OC. The van der Waals surface area contributed by atoms with Gasteiger partial charge in [0.15, 0.2) is 11.5 Å². The molecule has 1 heterocycles. The third-order valence-electron chi connectivity index (χ3n) is 6.26. The van der Waals surface area contributed by atoms with E-state index < -0.39 is 6.04 Å². The molecule has 9 heteroatoms. The highest BCUT2D eigenvalue weighted by Crippen LogP contribution is 2.39. The van der Waals surface area contributed by atoms with Crippen molar-refractivity contribution in [1.29, 1.82) is 0 Å². The molecule has 198 valence electrons. The summed E-state index contributed by atoms with van der Waals surface area (Å²) in [4.78, 5) is 29.5. The number of carbonyl (C=O) groups excluding carboxylic acids is 2. The van der Waals surface area contributed by atoms with Crippen molar-refractivity contribution in [2.24, 2.45) is 5.92 Å². The van der Waals surface area contributed by atoms with Gasteiger partial charge >= 0.3 is 0 Å². The van der Waals surface area contributed by atoms with E-state index in [4.69, 9.17) is 9.47 Å². The van der Waals surface area contributed by atoms with Crippen molar-refractivity contribution in [3.8, 4) is 11.5 Å². The molecule has 3 aromatic carbocycles. The molecular formula is C29H33N5O4. The van der Waals surface area contributed by atoms with E-state index in [1.165, 1.54) is 19.1 Å². The largest absolute Gasteiger partial charge is 0.493 e. The lowest BCUT2D eigenvalue weighted by atomic mass is 10.0. The number of ether oxygens (including phenoxy) is 2. The number of aromatic nitrogens is 3. The minimum absolute atomic E-state index is 0.114. The Hall–Kier alpha value is -4.40. The number of methoxy groups -OCH3 is 2. The molecule has 1 aromatic heterocycles. The van der Waals surface area contributed by atoms with E-state index in [0.717, 1.165) is 11.9 Å². The van der Waals surface area contributed by atoms with E-state index in [2.05, 4.69) is 29.5 Å². The van der Waals surface area contributed by atoms with Gasteiger partial charge in [-0.05, 0) is 42.7 Å². The van der Waals surface area contributed by atoms with Crippen LogP contribution in [0.4, 0.5) is 5.69 Å². The number of nitrogens with one attached hydrogen (secondary N) is 1. The number of amides is 2. The molecule has 4 rings (SSSR count). The second-order valence-corrected chi connectivity index (χ2v) is 9.29. The van der Waals surface area contributed by atoms with Crippen LogP contribution in [0.25, 0.3) is 11.0 Å². The molecule has 1 unspecified atom stereocenters. The lowest BCUT2D eigenvalue weighted by Crippen LogP contribution is -2.45. The standard InChI is InChI=1S/C29H33N5O4/c1-20(2)17-18-30-29(36)27(22-13-10-16-25(37-3)28(22)38-4)34(21-11-6-5-7-12-21)26(35)19-33-24-15-9-8-14-23(24)31-32-33/h5-16,20,27H,17-19H2,1-4H3,(H,30,36). The molecule has 9 nitrogen and oxygen atoms in total. The van der Waals surface area contributed by atoms with Gasteiger partial charge in [0, 0.05) is 17.8 Å². The van der Waals surface area contributed by atoms with Crippen LogP contribution in [0.5, 0.6) is 11.5 Å². The third kappa shape index (κ3) is 5.77. The van der Waals surface area contributed by atoms with Gasteiger partial charge in [-0.1, -0.05) is 61.5 Å². The fourth-order valence-corrected chi connectivity index (χ4v) is 4.37. The molecule has 0 bridgehead atoms. The first-order chi connectivity index (χ1) is 18.4. The van der Waals surface area contributed by atoms with Crippen molar-refractivity contribution in [2.75, 3.05) is 25.7 Å². The van der Waals surface area contributed by atoms with Crippen LogP contribution >= 0.6 is 0 Å². The summed E-state index contributed by atoms with van der Waals surface area (Å²) in [7, 11) is 3.06. The van der Waals surface area contributed by atoms with Crippen molar-refractivity contribution < 1.29 is 19.1 Å². The Morgan fingerprint density at radius 2 is 1.68 bits per heavy atom. The first kappa shape index (κ1) is 26.7. The Balaban J connectivity index is 1.82. The van der Waals surface area contributed by atoms with E-state index in [0.29, 0.717) is 40.7 Å². The van der Waals surface area contributed by atoms with Crippen LogP contribution in [0.15, 0.2) is 72.8 Å². The van der Waals surface area contributed by atoms with Crippen LogP contribution in [0, 0.1) is 5.92 Å². The van der Waals surface area contributed by atoms with Crippen LogP contribution < -0.4 is 19.7 Å². The number of hydrogen-bond acceptors (Lipinski definition) is 6. The van der Waals surface area contributed by atoms with Gasteiger partial charge in [0.1, 0.15) is 18.1 Å². The molecule has 4 aromatic rings. The van der Waals surface area contributed by atoms with Crippen LogP contribution in [-0.4, -0.2) is 47.6 Å². The molecule has 0 fully saturated rings. The average Bonchev–Trinajstić information content (AvgIpc) is 3.33. The molecule has 1 N–H and O–H groups in total. The van der Waals surface area contributed by atoms with Crippen LogP contribution in [0.1, 0.15) is 31.9 Å². The maximum atomic E-state index is 14.1. The molecule has 38 heavy (non-hydrogen) atoms. The number of anilines is 1. The smallest absolute Gasteiger partial charge is 0.249 e. The number of nitrogens with zero attached hydrogens (tertiary/aromatic N) is 4. The second-order valence-electron chi connectivity index (χ2n) is 9.29. The fourth-order valence-electron chi connectivity index (χ4n) is 4.37. The molecule has 0 radical (unpaired) electrons. The van der Waals surface area contributed by atoms with Crippen LogP contribution in [0.3, 0.4) is 0 Å².